The average molecular weight is 303 g/mol. The first kappa shape index (κ1) is 16.6. The molecule has 0 spiro atoms. The van der Waals surface area contributed by atoms with Gasteiger partial charge in [-0.1, -0.05) is 32.1 Å². The van der Waals surface area contributed by atoms with Crippen molar-refractivity contribution in [2.45, 2.75) is 26.7 Å². The van der Waals surface area contributed by atoms with E-state index in [1.54, 1.807) is 0 Å². The number of esters is 1. The standard InChI is InChI=1S/C18H25NO3/c1-14(2)16-6-4-8-18(19-9-12-21-13-10-19)17(16)7-5-11-22-15(3)20/h4-8,14H,9-13H2,1-3H3/b7-5+. The molecule has 1 aliphatic rings. The largest absolute Gasteiger partial charge is 0.462 e. The van der Waals surface area contributed by atoms with Gasteiger partial charge in [-0.3, -0.25) is 4.79 Å². The van der Waals surface area contributed by atoms with E-state index in [9.17, 15) is 4.79 Å². The van der Waals surface area contributed by atoms with Crippen molar-refractivity contribution in [2.75, 3.05) is 37.8 Å². The first-order chi connectivity index (χ1) is 10.6. The molecule has 0 aliphatic carbocycles. The van der Waals surface area contributed by atoms with E-state index in [2.05, 4.69) is 43.0 Å². The molecule has 0 amide bonds. The van der Waals surface area contributed by atoms with Crippen molar-refractivity contribution < 1.29 is 14.3 Å². The number of ether oxygens (including phenoxy) is 2. The number of morpholine rings is 1. The van der Waals surface area contributed by atoms with Crippen LogP contribution in [0.15, 0.2) is 24.3 Å². The SMILES string of the molecule is CC(=O)OC/C=C/c1c(C(C)C)cccc1N1CCOCC1. The Morgan fingerprint density at radius 3 is 2.73 bits per heavy atom. The van der Waals surface area contributed by atoms with Crippen molar-refractivity contribution in [2.24, 2.45) is 0 Å². The Balaban J connectivity index is 2.27. The second-order valence-corrected chi connectivity index (χ2v) is 5.74. The molecule has 0 bridgehead atoms. The van der Waals surface area contributed by atoms with Gasteiger partial charge in [0.25, 0.3) is 0 Å². The predicted molar refractivity (Wildman–Crippen MR) is 89.2 cm³/mol. The molecule has 2 rings (SSSR count). The summed E-state index contributed by atoms with van der Waals surface area (Å²) in [5, 5.41) is 0. The molecule has 1 aromatic carbocycles. The lowest BCUT2D eigenvalue weighted by Gasteiger charge is -2.31. The molecular formula is C18H25NO3. The first-order valence-electron chi connectivity index (χ1n) is 7.85. The number of hydrogen-bond donors (Lipinski definition) is 0. The molecule has 1 aromatic rings. The van der Waals surface area contributed by atoms with Crippen LogP contribution in [0, 0.1) is 0 Å². The van der Waals surface area contributed by atoms with Crippen LogP contribution in [-0.4, -0.2) is 38.9 Å². The number of carbonyl (C=O) groups excluding carboxylic acids is 1. The molecule has 0 unspecified atom stereocenters. The van der Waals surface area contributed by atoms with E-state index in [-0.39, 0.29) is 5.97 Å². The molecule has 0 saturated carbocycles. The Kier molecular flexibility index (Phi) is 6.01. The van der Waals surface area contributed by atoms with Gasteiger partial charge in [-0.05, 0) is 23.6 Å². The van der Waals surface area contributed by atoms with E-state index < -0.39 is 0 Å². The van der Waals surface area contributed by atoms with Gasteiger partial charge in [-0.25, -0.2) is 0 Å². The summed E-state index contributed by atoms with van der Waals surface area (Å²) in [4.78, 5) is 13.2. The van der Waals surface area contributed by atoms with Crippen LogP contribution in [0.1, 0.15) is 37.8 Å². The molecule has 0 atom stereocenters. The third-order valence-corrected chi connectivity index (χ3v) is 3.76. The predicted octanol–water partition coefficient (Wildman–Crippen LogP) is 3.22. The van der Waals surface area contributed by atoms with Crippen LogP contribution in [-0.2, 0) is 14.3 Å². The van der Waals surface area contributed by atoms with Gasteiger partial charge in [-0.15, -0.1) is 0 Å². The Morgan fingerprint density at radius 1 is 1.36 bits per heavy atom. The number of carbonyl (C=O) groups is 1. The van der Waals surface area contributed by atoms with E-state index in [1.165, 1.54) is 23.7 Å². The van der Waals surface area contributed by atoms with Crippen molar-refractivity contribution in [3.8, 4) is 0 Å². The summed E-state index contributed by atoms with van der Waals surface area (Å²) in [7, 11) is 0. The molecule has 22 heavy (non-hydrogen) atoms. The highest BCUT2D eigenvalue weighted by Crippen LogP contribution is 2.30. The minimum atomic E-state index is -0.254. The molecule has 1 fully saturated rings. The minimum absolute atomic E-state index is 0.254. The van der Waals surface area contributed by atoms with Crippen LogP contribution < -0.4 is 4.90 Å². The van der Waals surface area contributed by atoms with Gasteiger partial charge in [0.2, 0.25) is 0 Å². The molecule has 120 valence electrons. The second kappa shape index (κ2) is 7.99. The molecule has 4 heteroatoms. The third kappa shape index (κ3) is 4.34. The monoisotopic (exact) mass is 303 g/mol. The van der Waals surface area contributed by atoms with Crippen molar-refractivity contribution >= 4 is 17.7 Å². The summed E-state index contributed by atoms with van der Waals surface area (Å²) in [5.74, 6) is 0.185. The quantitative estimate of drug-likeness (QED) is 0.783. The van der Waals surface area contributed by atoms with Crippen molar-refractivity contribution in [1.82, 2.24) is 0 Å². The van der Waals surface area contributed by atoms with E-state index in [0.717, 1.165) is 26.3 Å². The van der Waals surface area contributed by atoms with Crippen molar-refractivity contribution in [3.05, 3.63) is 35.4 Å². The molecule has 0 aromatic heterocycles. The van der Waals surface area contributed by atoms with Crippen LogP contribution in [0.3, 0.4) is 0 Å². The lowest BCUT2D eigenvalue weighted by atomic mass is 9.95. The molecule has 1 heterocycles. The highest BCUT2D eigenvalue weighted by Gasteiger charge is 2.16. The number of hydrogen-bond acceptors (Lipinski definition) is 4. The second-order valence-electron chi connectivity index (χ2n) is 5.74. The maximum atomic E-state index is 10.9. The summed E-state index contributed by atoms with van der Waals surface area (Å²) in [6.45, 7) is 9.48. The summed E-state index contributed by atoms with van der Waals surface area (Å²) in [5.41, 5.74) is 3.75. The minimum Gasteiger partial charge on any atom is -0.462 e. The van der Waals surface area contributed by atoms with Gasteiger partial charge < -0.3 is 14.4 Å². The maximum absolute atomic E-state index is 10.9. The van der Waals surface area contributed by atoms with Gasteiger partial charge in [0.1, 0.15) is 6.61 Å². The Morgan fingerprint density at radius 2 is 2.09 bits per heavy atom. The van der Waals surface area contributed by atoms with Gasteiger partial charge >= 0.3 is 5.97 Å². The van der Waals surface area contributed by atoms with Crippen LogP contribution >= 0.6 is 0 Å². The third-order valence-electron chi connectivity index (χ3n) is 3.76. The van der Waals surface area contributed by atoms with E-state index in [0.29, 0.717) is 12.5 Å². The zero-order valence-corrected chi connectivity index (χ0v) is 13.7. The number of benzene rings is 1. The molecular weight excluding hydrogens is 278 g/mol. The number of anilines is 1. The Hall–Kier alpha value is -1.81. The fourth-order valence-corrected chi connectivity index (χ4v) is 2.67. The summed E-state index contributed by atoms with van der Waals surface area (Å²) >= 11 is 0. The number of rotatable bonds is 5. The maximum Gasteiger partial charge on any atom is 0.302 e. The van der Waals surface area contributed by atoms with Crippen LogP contribution in [0.2, 0.25) is 0 Å². The van der Waals surface area contributed by atoms with Gasteiger partial charge in [-0.2, -0.15) is 0 Å². The van der Waals surface area contributed by atoms with Gasteiger partial charge in [0.05, 0.1) is 13.2 Å². The molecule has 0 radical (unpaired) electrons. The Labute approximate surface area is 132 Å². The highest BCUT2D eigenvalue weighted by molar-refractivity contribution is 5.72. The fraction of sp³-hybridized carbons (Fsp3) is 0.500. The topological polar surface area (TPSA) is 38.8 Å². The summed E-state index contributed by atoms with van der Waals surface area (Å²) < 4.78 is 10.4. The average Bonchev–Trinajstić information content (AvgIpc) is 2.52. The highest BCUT2D eigenvalue weighted by atomic mass is 16.5. The van der Waals surface area contributed by atoms with Crippen molar-refractivity contribution in [1.29, 1.82) is 0 Å². The van der Waals surface area contributed by atoms with Crippen LogP contribution in [0.4, 0.5) is 5.69 Å². The van der Waals surface area contributed by atoms with Crippen LogP contribution in [0.25, 0.3) is 6.08 Å². The zero-order chi connectivity index (χ0) is 15.9. The van der Waals surface area contributed by atoms with E-state index in [4.69, 9.17) is 9.47 Å². The van der Waals surface area contributed by atoms with Gasteiger partial charge in [0.15, 0.2) is 0 Å². The fourth-order valence-electron chi connectivity index (χ4n) is 2.67. The normalized spacial score (nSPS) is 15.5. The van der Waals surface area contributed by atoms with Crippen LogP contribution in [0.5, 0.6) is 0 Å². The van der Waals surface area contributed by atoms with Gasteiger partial charge in [0, 0.05) is 31.3 Å². The van der Waals surface area contributed by atoms with E-state index >= 15 is 0 Å². The summed E-state index contributed by atoms with van der Waals surface area (Å²) in [6.07, 6.45) is 3.98. The molecule has 1 saturated heterocycles. The zero-order valence-electron chi connectivity index (χ0n) is 13.7. The smallest absolute Gasteiger partial charge is 0.302 e. The lowest BCUT2D eigenvalue weighted by Crippen LogP contribution is -2.36. The molecule has 0 N–H and O–H groups in total. The van der Waals surface area contributed by atoms with E-state index in [1.807, 2.05) is 6.08 Å². The molecule has 1 aliphatic heterocycles. The number of nitrogens with zero attached hydrogens (tertiary/aromatic N) is 1. The summed E-state index contributed by atoms with van der Waals surface area (Å²) in [6, 6.07) is 6.44. The first-order valence-corrected chi connectivity index (χ1v) is 7.85. The molecule has 4 nitrogen and oxygen atoms in total. The lowest BCUT2D eigenvalue weighted by molar-refractivity contribution is -0.139. The Bertz CT molecular complexity index is 531. The van der Waals surface area contributed by atoms with Crippen molar-refractivity contribution in [3.63, 3.8) is 0 Å².